The van der Waals surface area contributed by atoms with E-state index < -0.39 is 75.1 Å². The van der Waals surface area contributed by atoms with E-state index in [-0.39, 0.29) is 137 Å². The number of methoxy groups -OCH3 is 1. The number of nitrogens with zero attached hydrogens (tertiary/aromatic N) is 6. The number of Topliss-reactive ketones (excluding diaryl/α,β-unsaturated/α-hetero) is 1. The molecule has 19 nitrogen and oxygen atoms in total. The lowest BCUT2D eigenvalue weighted by Crippen LogP contribution is -2.48. The van der Waals surface area contributed by atoms with Gasteiger partial charge >= 0.3 is 0 Å². The van der Waals surface area contributed by atoms with Crippen LogP contribution >= 0.6 is 34.8 Å². The molecule has 0 radical (unpaired) electrons. The number of piperazine rings is 1. The van der Waals surface area contributed by atoms with Crippen LogP contribution in [0.5, 0.6) is 11.5 Å². The number of carbonyl (C=O) groups excluding carboxylic acids is 4. The Hall–Kier alpha value is -7.40. The summed E-state index contributed by atoms with van der Waals surface area (Å²) in [4.78, 5) is 67.2. The number of aromatic nitrogens is 2. The lowest BCUT2D eigenvalue weighted by atomic mass is 9.62. The van der Waals surface area contributed by atoms with E-state index in [0.717, 1.165) is 12.1 Å². The summed E-state index contributed by atoms with van der Waals surface area (Å²) in [5, 5.41) is 30.9. The van der Waals surface area contributed by atoms with Crippen LogP contribution in [0.2, 0.25) is 15.1 Å². The molecule has 1 aromatic heterocycles. The molecule has 92 heavy (non-hydrogen) atoms. The standard InChI is InChI=1S/C66H74Cl3F4N9O10/c1-39(83)81-20-22-82(23-21-81)62-44-36-47(69)55(56-48(70)11-8-12-50(56)84)59(73)60(44)78-64(79-62)76-18-17-54(86)80(5)24-26-90-28-30-92-32-31-91-29-27-89-25-19-75-63(87)41-14-13-40(52(34-41)88-6)33-51(85)61-57(43-9-7-10-46(68)58(43)72)66(38-74,53(77-61)37-65(2,3)4)45-16-15-42(67)35-49(45)71/h7-16,34-36,53,57,61,77,84H,17-33,37H2,1-6H3,(H,75,87)(H,76,78,79)/t53-,57-,61-,66-/m0/s1. The summed E-state index contributed by atoms with van der Waals surface area (Å²) >= 11 is 19.1. The maximum atomic E-state index is 16.5. The molecule has 2 fully saturated rings. The minimum atomic E-state index is -1.80. The molecule has 492 valence electrons. The Morgan fingerprint density at radius 2 is 1.48 bits per heavy atom. The van der Waals surface area contributed by atoms with Crippen molar-refractivity contribution < 1.29 is 65.5 Å². The van der Waals surface area contributed by atoms with Gasteiger partial charge in [-0.2, -0.15) is 10.2 Å². The highest BCUT2D eigenvalue weighted by Crippen LogP contribution is 2.53. The number of fused-ring (bicyclic) bond motifs is 1. The number of benzene rings is 5. The first kappa shape index (κ1) is 70.5. The first-order valence-electron chi connectivity index (χ1n) is 30.0. The van der Waals surface area contributed by atoms with Gasteiger partial charge in [0.1, 0.15) is 45.7 Å². The van der Waals surface area contributed by atoms with Gasteiger partial charge in [0.2, 0.25) is 17.8 Å². The minimum Gasteiger partial charge on any atom is -0.507 e. The average molecular weight is 1340 g/mol. The van der Waals surface area contributed by atoms with Gasteiger partial charge in [-0.25, -0.2) is 22.5 Å². The molecule has 2 aliphatic heterocycles. The molecule has 3 heterocycles. The fourth-order valence-corrected chi connectivity index (χ4v) is 12.2. The zero-order valence-electron chi connectivity index (χ0n) is 51.9. The topological polar surface area (TPSA) is 230 Å². The van der Waals surface area contributed by atoms with Crippen molar-refractivity contribution in [3.63, 3.8) is 0 Å². The highest BCUT2D eigenvalue weighted by atomic mass is 35.5. The number of phenolic OH excluding ortho intramolecular Hbond substituents is 1. The third-order valence-electron chi connectivity index (χ3n) is 16.1. The van der Waals surface area contributed by atoms with E-state index in [1.54, 1.807) is 24.1 Å². The minimum absolute atomic E-state index is 0.00292. The number of hydrogen-bond acceptors (Lipinski definition) is 16. The molecule has 0 saturated carbocycles. The second-order valence-corrected chi connectivity index (χ2v) is 24.7. The summed E-state index contributed by atoms with van der Waals surface area (Å²) in [7, 11) is 3.04. The molecule has 8 rings (SSSR count). The number of nitrogens with one attached hydrogen (secondary N) is 3. The zero-order chi connectivity index (χ0) is 66.4. The van der Waals surface area contributed by atoms with Crippen LogP contribution in [-0.2, 0) is 45.2 Å². The Balaban J connectivity index is 0.723. The molecular formula is C66H74Cl3F4N9O10. The number of rotatable bonds is 29. The van der Waals surface area contributed by atoms with E-state index in [0.29, 0.717) is 63.7 Å². The number of aromatic hydroxyl groups is 1. The lowest BCUT2D eigenvalue weighted by molar-refractivity contribution is -0.130. The van der Waals surface area contributed by atoms with Crippen molar-refractivity contribution in [2.75, 3.05) is 123 Å². The van der Waals surface area contributed by atoms with Crippen LogP contribution in [-0.4, -0.2) is 173 Å². The van der Waals surface area contributed by atoms with Gasteiger partial charge in [-0.1, -0.05) is 85.9 Å². The number of ether oxygens (including phenoxy) is 5. The maximum absolute atomic E-state index is 16.5. The van der Waals surface area contributed by atoms with Gasteiger partial charge in [0.05, 0.1) is 87.7 Å². The molecule has 0 spiro atoms. The number of anilines is 2. The number of amides is 3. The number of ketones is 1. The average Bonchev–Trinajstić information content (AvgIpc) is 1.51. The van der Waals surface area contributed by atoms with Crippen molar-refractivity contribution in [3.05, 3.63) is 139 Å². The van der Waals surface area contributed by atoms with Gasteiger partial charge in [0.15, 0.2) is 11.6 Å². The second kappa shape index (κ2) is 32.0. The number of likely N-dealkylation sites (N-methyl/N-ethyl adjacent to an activating group) is 1. The molecular weight excluding hydrogens is 1260 g/mol. The van der Waals surface area contributed by atoms with E-state index >= 15 is 17.6 Å². The molecule has 4 atom stereocenters. The smallest absolute Gasteiger partial charge is 0.251 e. The monoisotopic (exact) mass is 1330 g/mol. The van der Waals surface area contributed by atoms with Crippen LogP contribution in [0.3, 0.4) is 0 Å². The summed E-state index contributed by atoms with van der Waals surface area (Å²) in [6.45, 7) is 11.5. The largest absolute Gasteiger partial charge is 0.507 e. The number of nitriles is 1. The van der Waals surface area contributed by atoms with Gasteiger partial charge < -0.3 is 59.4 Å². The van der Waals surface area contributed by atoms with Gasteiger partial charge in [-0.05, 0) is 65.9 Å². The van der Waals surface area contributed by atoms with Crippen molar-refractivity contribution in [2.24, 2.45) is 5.41 Å². The summed E-state index contributed by atoms with van der Waals surface area (Å²) in [5.41, 5.74) is -2.58. The van der Waals surface area contributed by atoms with Crippen LogP contribution in [0, 0.1) is 40.0 Å². The normalized spacial score (nSPS) is 17.4. The Labute approximate surface area is 546 Å². The fourth-order valence-electron chi connectivity index (χ4n) is 11.6. The van der Waals surface area contributed by atoms with Crippen molar-refractivity contribution in [3.8, 4) is 28.7 Å². The quantitative estimate of drug-likeness (QED) is 0.0253. The number of halogens is 7. The van der Waals surface area contributed by atoms with Gasteiger partial charge in [0.25, 0.3) is 5.91 Å². The third kappa shape index (κ3) is 16.9. The summed E-state index contributed by atoms with van der Waals surface area (Å²) in [6.07, 6.45) is 0.0812. The fraction of sp³-hybridized carbons (Fsp3) is 0.439. The summed E-state index contributed by atoms with van der Waals surface area (Å²) in [6, 6.07) is 18.3. The molecule has 2 aliphatic rings. The number of phenols is 1. The van der Waals surface area contributed by atoms with Crippen molar-refractivity contribution in [1.29, 1.82) is 5.26 Å². The molecule has 26 heteroatoms. The third-order valence-corrected chi connectivity index (χ3v) is 16.9. The molecule has 3 amide bonds. The number of hydrogen-bond donors (Lipinski definition) is 4. The molecule has 2 saturated heterocycles. The molecule has 5 aromatic carbocycles. The maximum Gasteiger partial charge on any atom is 0.251 e. The highest BCUT2D eigenvalue weighted by Gasteiger charge is 2.61. The molecule has 0 aliphatic carbocycles. The van der Waals surface area contributed by atoms with Crippen LogP contribution in [0.25, 0.3) is 22.0 Å². The first-order chi connectivity index (χ1) is 44.0. The van der Waals surface area contributed by atoms with E-state index in [4.69, 9.17) is 58.5 Å². The van der Waals surface area contributed by atoms with Crippen molar-refractivity contribution in [1.82, 2.24) is 30.4 Å². The van der Waals surface area contributed by atoms with E-state index in [1.807, 2.05) is 25.7 Å². The molecule has 4 N–H and O–H groups in total. The van der Waals surface area contributed by atoms with Gasteiger partial charge in [-0.15, -0.1) is 0 Å². The van der Waals surface area contributed by atoms with Crippen LogP contribution in [0.4, 0.5) is 29.3 Å². The van der Waals surface area contributed by atoms with Crippen LogP contribution in [0.15, 0.2) is 78.9 Å². The zero-order valence-corrected chi connectivity index (χ0v) is 54.2. The van der Waals surface area contributed by atoms with E-state index in [1.165, 1.54) is 73.5 Å². The van der Waals surface area contributed by atoms with Crippen molar-refractivity contribution in [2.45, 2.75) is 70.4 Å². The predicted octanol–water partition coefficient (Wildman–Crippen LogP) is 10.1. The second-order valence-electron chi connectivity index (χ2n) is 23.5. The van der Waals surface area contributed by atoms with Crippen LogP contribution < -0.4 is 25.6 Å². The highest BCUT2D eigenvalue weighted by molar-refractivity contribution is 6.34. The molecule has 6 aromatic rings. The Morgan fingerprint density at radius 3 is 2.12 bits per heavy atom. The SMILES string of the molecule is COc1cc(C(=O)NCCOCCOCCOCCOCCN(C)C(=O)CCNc2nc(N3CCN(C(C)=O)CC3)c3cc(Cl)c(-c4c(O)cccc4F)c(F)c3n2)ccc1CC(=O)[C@@H]1N[C@@H](CC(C)(C)C)[C@](C#N)(c2ccc(Cl)cc2F)[C@H]1c1cccc(Cl)c1F. The van der Waals surface area contributed by atoms with Crippen LogP contribution in [0.1, 0.15) is 73.5 Å². The molecule has 0 unspecified atom stereocenters. The van der Waals surface area contributed by atoms with Gasteiger partial charge in [-0.3, -0.25) is 19.2 Å². The van der Waals surface area contributed by atoms with Gasteiger partial charge in [0, 0.05) is 117 Å². The summed E-state index contributed by atoms with van der Waals surface area (Å²) in [5.74, 6) is -5.78. The van der Waals surface area contributed by atoms with E-state index in [2.05, 4.69) is 32.0 Å². The first-order valence-corrected chi connectivity index (χ1v) is 31.1. The Kier molecular flexibility index (Phi) is 24.5. The lowest BCUT2D eigenvalue weighted by Gasteiger charge is -2.37. The Morgan fingerprint density at radius 1 is 0.804 bits per heavy atom. The predicted molar refractivity (Wildman–Crippen MR) is 342 cm³/mol. The number of carbonyl (C=O) groups is 4. The molecule has 0 bridgehead atoms. The van der Waals surface area contributed by atoms with Crippen molar-refractivity contribution >= 4 is 81.0 Å². The van der Waals surface area contributed by atoms with E-state index in [9.17, 15) is 29.5 Å². The Bertz CT molecular complexity index is 3670. The summed E-state index contributed by atoms with van der Waals surface area (Å²) < 4.78 is 92.0.